The molecule has 5 heteroatoms. The zero-order valence-corrected chi connectivity index (χ0v) is 8.95. The fourth-order valence-corrected chi connectivity index (χ4v) is 2.13. The van der Waals surface area contributed by atoms with Gasteiger partial charge in [0.2, 0.25) is 0 Å². The van der Waals surface area contributed by atoms with E-state index in [9.17, 15) is 4.79 Å². The molecule has 74 valence electrons. The minimum atomic E-state index is -1.00. The molecule has 0 amide bonds. The quantitative estimate of drug-likeness (QED) is 0.555. The Morgan fingerprint density at radius 1 is 1.47 bits per heavy atom. The molecule has 3 nitrogen and oxygen atoms in total. The summed E-state index contributed by atoms with van der Waals surface area (Å²) in [5.41, 5.74) is 2.45. The molecule has 0 aliphatic heterocycles. The summed E-state index contributed by atoms with van der Waals surface area (Å²) in [7, 11) is 5.68. The summed E-state index contributed by atoms with van der Waals surface area (Å²) in [5, 5.41) is 9.72. The average molecular weight is 217 g/mol. The zero-order chi connectivity index (χ0) is 11.2. The van der Waals surface area contributed by atoms with Gasteiger partial charge >= 0.3 is 5.97 Å². The second-order valence-electron chi connectivity index (χ2n) is 3.42. The first-order valence-electron chi connectivity index (χ1n) is 4.35. The first kappa shape index (κ1) is 10.2. The number of aryl methyl sites for hydroxylation is 1. The third-order valence-electron chi connectivity index (χ3n) is 2.30. The highest BCUT2D eigenvalue weighted by molar-refractivity contribution is 7.78. The van der Waals surface area contributed by atoms with Gasteiger partial charge < -0.3 is 5.11 Å². The summed E-state index contributed by atoms with van der Waals surface area (Å²) in [5.74, 6) is -1.00. The van der Waals surface area contributed by atoms with Crippen LogP contribution in [0.3, 0.4) is 0 Å². The molecule has 15 heavy (non-hydrogen) atoms. The van der Waals surface area contributed by atoms with Crippen molar-refractivity contribution in [2.24, 2.45) is 0 Å². The second kappa shape index (κ2) is 3.34. The molecule has 1 aromatic carbocycles. The van der Waals surface area contributed by atoms with Crippen LogP contribution in [0.5, 0.6) is 0 Å². The van der Waals surface area contributed by atoms with Crippen LogP contribution in [0.4, 0.5) is 0 Å². The number of aromatic carboxylic acids is 1. The number of nitrogens with zero attached hydrogens (tertiary/aromatic N) is 1. The summed E-state index contributed by atoms with van der Waals surface area (Å²) in [4.78, 5) is 10.9. The normalized spacial score (nSPS) is 10.8. The van der Waals surface area contributed by atoms with Gasteiger partial charge in [-0.2, -0.15) is 0 Å². The highest BCUT2D eigenvalue weighted by Gasteiger charge is 2.13. The highest BCUT2D eigenvalue weighted by Crippen LogP contribution is 2.23. The van der Waals surface area contributed by atoms with Gasteiger partial charge in [0, 0.05) is 5.39 Å². The molecule has 0 saturated carbocycles. The van der Waals surface area contributed by atoms with Gasteiger partial charge in [0.15, 0.2) is 0 Å². The van der Waals surface area contributed by atoms with E-state index in [4.69, 9.17) is 13.0 Å². The van der Waals surface area contributed by atoms with Crippen LogP contribution in [0.25, 0.3) is 10.9 Å². The summed E-state index contributed by atoms with van der Waals surface area (Å²) < 4.78 is 1.37. The van der Waals surface area contributed by atoms with Crippen molar-refractivity contribution in [1.82, 2.24) is 3.97 Å². The molecule has 1 heterocycles. The number of carboxylic acid groups (broad SMARTS) is 1. The third-order valence-corrected chi connectivity index (χ3v) is 2.72. The molecule has 0 atom stereocenters. The Labute approximate surface area is 93.7 Å². The molecule has 1 aromatic heterocycles. The Bertz CT molecular complexity index is 562. The predicted octanol–water partition coefficient (Wildman–Crippen LogP) is 1.13. The molecule has 2 rings (SSSR count). The van der Waals surface area contributed by atoms with Crippen LogP contribution in [-0.2, 0) is 0 Å². The first-order chi connectivity index (χ1) is 7.00. The largest absolute Gasteiger partial charge is 0.477 e. The fourth-order valence-electron chi connectivity index (χ4n) is 1.72. The number of rotatable bonds is 1. The van der Waals surface area contributed by atoms with Crippen molar-refractivity contribution < 1.29 is 9.90 Å². The van der Waals surface area contributed by atoms with Gasteiger partial charge in [-0.1, -0.05) is 30.4 Å². The molecule has 0 fully saturated rings. The average Bonchev–Trinajstić information content (AvgIpc) is 2.42. The Morgan fingerprint density at radius 3 is 2.73 bits per heavy atom. The Morgan fingerprint density at radius 2 is 2.13 bits per heavy atom. The van der Waals surface area contributed by atoms with Crippen molar-refractivity contribution in [2.45, 2.75) is 6.92 Å². The maximum atomic E-state index is 10.9. The van der Waals surface area contributed by atoms with E-state index < -0.39 is 5.97 Å². The van der Waals surface area contributed by atoms with Crippen molar-refractivity contribution in [3.63, 3.8) is 0 Å². The highest BCUT2D eigenvalue weighted by atomic mass is 32.1. The van der Waals surface area contributed by atoms with Gasteiger partial charge in [-0.25, -0.2) is 4.79 Å². The fraction of sp³-hybridized carbons (Fsp3) is 0.100. The Hall–Kier alpha value is -1.36. The number of aromatic nitrogens is 1. The number of hydrogen-bond donors (Lipinski definition) is 2. The van der Waals surface area contributed by atoms with E-state index in [2.05, 4.69) is 12.8 Å². The minimum Gasteiger partial charge on any atom is -0.477 e. The number of hydrogen-bond acceptors (Lipinski definition) is 2. The first-order valence-corrected chi connectivity index (χ1v) is 4.75. The van der Waals surface area contributed by atoms with Crippen LogP contribution < -0.4 is 5.46 Å². The zero-order valence-electron chi connectivity index (χ0n) is 8.06. The number of benzene rings is 1. The number of carbonyl (C=O) groups is 1. The molecule has 0 bridgehead atoms. The lowest BCUT2D eigenvalue weighted by molar-refractivity contribution is 0.0690. The van der Waals surface area contributed by atoms with E-state index in [0.717, 1.165) is 16.5 Å². The molecule has 0 aliphatic carbocycles. The smallest absolute Gasteiger partial charge is 0.353 e. The number of fused-ring (bicyclic) bond motifs is 1. The van der Waals surface area contributed by atoms with Crippen molar-refractivity contribution in [3.8, 4) is 0 Å². The summed E-state index contributed by atoms with van der Waals surface area (Å²) >= 11 is 4.15. The Balaban J connectivity index is 2.88. The van der Waals surface area contributed by atoms with Crippen LogP contribution in [0.2, 0.25) is 0 Å². The maximum Gasteiger partial charge on any atom is 0.353 e. The van der Waals surface area contributed by atoms with E-state index in [1.54, 1.807) is 18.2 Å². The van der Waals surface area contributed by atoms with Crippen molar-refractivity contribution >= 4 is 43.0 Å². The van der Waals surface area contributed by atoms with E-state index in [1.165, 1.54) is 3.97 Å². The summed E-state index contributed by atoms with van der Waals surface area (Å²) in [6.07, 6.45) is 0. The molecular weight excluding hydrogens is 209 g/mol. The van der Waals surface area contributed by atoms with E-state index in [1.807, 2.05) is 6.92 Å². The molecule has 0 aliphatic rings. The van der Waals surface area contributed by atoms with Crippen molar-refractivity contribution in [3.05, 3.63) is 29.5 Å². The molecular formula is C10H8BNO2S. The second-order valence-corrected chi connectivity index (χ2v) is 3.82. The summed E-state index contributed by atoms with van der Waals surface area (Å²) in [6.45, 7) is 1.87. The van der Waals surface area contributed by atoms with Gasteiger partial charge in [-0.05, 0) is 18.6 Å². The minimum absolute atomic E-state index is 0.141. The van der Waals surface area contributed by atoms with E-state index in [0.29, 0.717) is 5.46 Å². The lowest BCUT2D eigenvalue weighted by Crippen LogP contribution is -2.03. The SMILES string of the molecule is [B]c1cc(C)c2c(c1)cc(C(=O)O)n2S. The van der Waals surface area contributed by atoms with Crippen LogP contribution >= 0.6 is 12.8 Å². The van der Waals surface area contributed by atoms with Crippen LogP contribution in [0.15, 0.2) is 18.2 Å². The van der Waals surface area contributed by atoms with Crippen molar-refractivity contribution in [1.29, 1.82) is 0 Å². The molecule has 1 N–H and O–H groups in total. The number of thiol groups is 1. The lowest BCUT2D eigenvalue weighted by atomic mass is 9.93. The van der Waals surface area contributed by atoms with Gasteiger partial charge in [0.05, 0.1) is 5.52 Å². The maximum absolute atomic E-state index is 10.9. The molecule has 2 aromatic rings. The molecule has 0 spiro atoms. The van der Waals surface area contributed by atoms with Crippen LogP contribution in [0, 0.1) is 6.92 Å². The standard InChI is InChI=1S/C10H8BNO2S/c1-5-2-7(11)3-6-4-8(10(13)14)12(15)9(5)6/h2-4,15H,1H3,(H,13,14). The van der Waals surface area contributed by atoms with Crippen molar-refractivity contribution in [2.75, 3.05) is 0 Å². The summed E-state index contributed by atoms with van der Waals surface area (Å²) in [6, 6.07) is 5.09. The van der Waals surface area contributed by atoms with Gasteiger partial charge in [-0.15, -0.1) is 0 Å². The monoisotopic (exact) mass is 217 g/mol. The lowest BCUT2D eigenvalue weighted by Gasteiger charge is -2.02. The van der Waals surface area contributed by atoms with Gasteiger partial charge in [0.1, 0.15) is 13.5 Å². The number of carboxylic acids is 1. The topological polar surface area (TPSA) is 42.2 Å². The third kappa shape index (κ3) is 1.53. The van der Waals surface area contributed by atoms with Crippen LogP contribution in [0.1, 0.15) is 16.1 Å². The van der Waals surface area contributed by atoms with Gasteiger partial charge in [0.25, 0.3) is 0 Å². The predicted molar refractivity (Wildman–Crippen MR) is 63.4 cm³/mol. The van der Waals surface area contributed by atoms with E-state index in [-0.39, 0.29) is 5.69 Å². The Kier molecular flexibility index (Phi) is 2.27. The van der Waals surface area contributed by atoms with Crippen LogP contribution in [-0.4, -0.2) is 22.9 Å². The molecule has 0 unspecified atom stereocenters. The molecule has 0 saturated heterocycles. The molecule has 2 radical (unpaired) electrons. The van der Waals surface area contributed by atoms with E-state index >= 15 is 0 Å². The van der Waals surface area contributed by atoms with Gasteiger partial charge in [-0.3, -0.25) is 3.97 Å².